The van der Waals surface area contributed by atoms with Crippen LogP contribution in [-0.2, 0) is 18.4 Å². The Hall–Kier alpha value is -3.27. The van der Waals surface area contributed by atoms with Gasteiger partial charge in [-0.2, -0.15) is 0 Å². The van der Waals surface area contributed by atoms with Crippen LogP contribution in [0.3, 0.4) is 0 Å². The molecule has 0 bridgehead atoms. The first-order valence-corrected chi connectivity index (χ1v) is 9.52. The number of benzene rings is 2. The van der Waals surface area contributed by atoms with Crippen molar-refractivity contribution in [3.05, 3.63) is 71.6 Å². The molecule has 150 valence electrons. The molecule has 10 heteroatoms. The van der Waals surface area contributed by atoms with Crippen LogP contribution in [0.1, 0.15) is 16.2 Å². The Bertz CT molecular complexity index is 1020. The highest BCUT2D eigenvalue weighted by atomic mass is 32.2. The number of anilines is 1. The smallest absolute Gasteiger partial charge is 0.254 e. The molecule has 2 amide bonds. The second-order valence-corrected chi connectivity index (χ2v) is 6.91. The molecule has 0 unspecified atom stereocenters. The van der Waals surface area contributed by atoms with E-state index in [0.717, 1.165) is 11.8 Å². The number of hydrogen-bond acceptors (Lipinski definition) is 5. The number of rotatable bonds is 7. The largest absolute Gasteiger partial charge is 0.345 e. The third kappa shape index (κ3) is 5.38. The van der Waals surface area contributed by atoms with Crippen LogP contribution < -0.4 is 10.6 Å². The van der Waals surface area contributed by atoms with Gasteiger partial charge >= 0.3 is 0 Å². The van der Waals surface area contributed by atoms with E-state index >= 15 is 0 Å². The number of halogens is 2. The zero-order chi connectivity index (χ0) is 20.8. The fourth-order valence-corrected chi connectivity index (χ4v) is 3.11. The first-order chi connectivity index (χ1) is 13.9. The zero-order valence-electron chi connectivity index (χ0n) is 15.4. The molecule has 1 heterocycles. The third-order valence-corrected chi connectivity index (χ3v) is 4.93. The molecule has 0 aliphatic rings. The normalized spacial score (nSPS) is 10.6. The summed E-state index contributed by atoms with van der Waals surface area (Å²) in [6.45, 7) is 0.0546. The second kappa shape index (κ2) is 9.28. The van der Waals surface area contributed by atoms with Crippen molar-refractivity contribution < 1.29 is 18.4 Å². The van der Waals surface area contributed by atoms with Crippen molar-refractivity contribution in [1.82, 2.24) is 20.1 Å². The van der Waals surface area contributed by atoms with Crippen LogP contribution in [-0.4, -0.2) is 32.3 Å². The van der Waals surface area contributed by atoms with Gasteiger partial charge < -0.3 is 15.2 Å². The monoisotopic (exact) mass is 417 g/mol. The van der Waals surface area contributed by atoms with Crippen LogP contribution in [0, 0.1) is 11.6 Å². The summed E-state index contributed by atoms with van der Waals surface area (Å²) in [5.41, 5.74) is 0.438. The molecule has 0 saturated carbocycles. The number of amides is 2. The van der Waals surface area contributed by atoms with Crippen molar-refractivity contribution in [3.8, 4) is 0 Å². The van der Waals surface area contributed by atoms with Gasteiger partial charge in [0.05, 0.1) is 17.9 Å². The maximum absolute atomic E-state index is 13.6. The first-order valence-electron chi connectivity index (χ1n) is 8.53. The lowest BCUT2D eigenvalue weighted by Gasteiger charge is -2.07. The van der Waals surface area contributed by atoms with Gasteiger partial charge in [0, 0.05) is 12.7 Å². The number of thioether (sulfide) groups is 1. The molecule has 0 spiro atoms. The van der Waals surface area contributed by atoms with Crippen LogP contribution in [0.15, 0.2) is 53.7 Å². The number of nitrogens with one attached hydrogen (secondary N) is 2. The summed E-state index contributed by atoms with van der Waals surface area (Å²) in [4.78, 5) is 24.1. The lowest BCUT2D eigenvalue weighted by Crippen LogP contribution is -2.25. The maximum atomic E-state index is 13.6. The molecule has 7 nitrogen and oxygen atoms in total. The molecule has 0 aliphatic carbocycles. The Morgan fingerprint density at radius 2 is 1.79 bits per heavy atom. The molecule has 3 aromatic rings. The predicted octanol–water partition coefficient (Wildman–Crippen LogP) is 2.75. The number of hydrogen-bond donors (Lipinski definition) is 2. The van der Waals surface area contributed by atoms with Crippen molar-refractivity contribution in [2.75, 3.05) is 11.1 Å². The van der Waals surface area contributed by atoms with Crippen LogP contribution in [0.2, 0.25) is 0 Å². The molecule has 29 heavy (non-hydrogen) atoms. The topological polar surface area (TPSA) is 88.9 Å². The molecule has 0 fully saturated rings. The molecule has 0 saturated heterocycles. The van der Waals surface area contributed by atoms with Crippen LogP contribution in [0.25, 0.3) is 0 Å². The van der Waals surface area contributed by atoms with Gasteiger partial charge in [0.15, 0.2) is 11.0 Å². The molecule has 3 rings (SSSR count). The molecule has 0 radical (unpaired) electrons. The summed E-state index contributed by atoms with van der Waals surface area (Å²) in [7, 11) is 1.70. The van der Waals surface area contributed by atoms with Gasteiger partial charge in [0.1, 0.15) is 11.6 Å². The van der Waals surface area contributed by atoms with Gasteiger partial charge in [-0.15, -0.1) is 10.2 Å². The Kier molecular flexibility index (Phi) is 6.55. The summed E-state index contributed by atoms with van der Waals surface area (Å²) >= 11 is 1.16. The Labute approximate surface area is 169 Å². The van der Waals surface area contributed by atoms with Crippen molar-refractivity contribution >= 4 is 29.3 Å². The third-order valence-electron chi connectivity index (χ3n) is 3.91. The quantitative estimate of drug-likeness (QED) is 0.577. The minimum absolute atomic E-state index is 0.0540. The average Bonchev–Trinajstić information content (AvgIpc) is 3.06. The molecule has 2 aromatic carbocycles. The standard InChI is InChI=1S/C19H17F2N5O2S/c1-26-16(10-22-18(28)14-4-2-3-5-15(14)21)24-25-19(26)29-11-17(27)23-13-8-6-12(20)7-9-13/h2-9H,10-11H2,1H3,(H,22,28)(H,23,27). The van der Waals surface area contributed by atoms with E-state index in [-0.39, 0.29) is 29.6 Å². The van der Waals surface area contributed by atoms with E-state index in [4.69, 9.17) is 0 Å². The van der Waals surface area contributed by atoms with Gasteiger partial charge in [-0.05, 0) is 36.4 Å². The number of carbonyl (C=O) groups excluding carboxylic acids is 2. The van der Waals surface area contributed by atoms with Gasteiger partial charge in [-0.1, -0.05) is 23.9 Å². The van der Waals surface area contributed by atoms with E-state index in [1.807, 2.05) is 0 Å². The number of aromatic nitrogens is 3. The highest BCUT2D eigenvalue weighted by Gasteiger charge is 2.14. The Balaban J connectivity index is 1.52. The minimum Gasteiger partial charge on any atom is -0.345 e. The van der Waals surface area contributed by atoms with Crippen molar-refractivity contribution in [1.29, 1.82) is 0 Å². The van der Waals surface area contributed by atoms with E-state index < -0.39 is 11.7 Å². The Morgan fingerprint density at radius 3 is 2.52 bits per heavy atom. The van der Waals surface area contributed by atoms with Gasteiger partial charge in [0.25, 0.3) is 5.91 Å². The number of carbonyl (C=O) groups is 2. The first kappa shape index (κ1) is 20.5. The summed E-state index contributed by atoms with van der Waals surface area (Å²) in [5, 5.41) is 13.7. The van der Waals surface area contributed by atoms with Gasteiger partial charge in [0.2, 0.25) is 5.91 Å². The number of nitrogens with zero attached hydrogens (tertiary/aromatic N) is 3. The van der Waals surface area contributed by atoms with E-state index in [0.29, 0.717) is 16.7 Å². The second-order valence-electron chi connectivity index (χ2n) is 5.96. The predicted molar refractivity (Wildman–Crippen MR) is 104 cm³/mol. The van der Waals surface area contributed by atoms with Crippen molar-refractivity contribution in [3.63, 3.8) is 0 Å². The summed E-state index contributed by atoms with van der Waals surface area (Å²) in [6.07, 6.45) is 0. The highest BCUT2D eigenvalue weighted by molar-refractivity contribution is 7.99. The summed E-state index contributed by atoms with van der Waals surface area (Å²) in [6, 6.07) is 11.1. The van der Waals surface area contributed by atoms with Crippen LogP contribution in [0.5, 0.6) is 0 Å². The lowest BCUT2D eigenvalue weighted by atomic mass is 10.2. The van der Waals surface area contributed by atoms with Gasteiger partial charge in [-0.25, -0.2) is 8.78 Å². The van der Waals surface area contributed by atoms with E-state index in [2.05, 4.69) is 20.8 Å². The van der Waals surface area contributed by atoms with E-state index in [1.54, 1.807) is 17.7 Å². The fraction of sp³-hybridized carbons (Fsp3) is 0.158. The van der Waals surface area contributed by atoms with Crippen LogP contribution >= 0.6 is 11.8 Å². The zero-order valence-corrected chi connectivity index (χ0v) is 16.2. The van der Waals surface area contributed by atoms with E-state index in [9.17, 15) is 18.4 Å². The fourth-order valence-electron chi connectivity index (χ4n) is 2.38. The molecular weight excluding hydrogens is 400 g/mol. The minimum atomic E-state index is -0.605. The Morgan fingerprint density at radius 1 is 1.07 bits per heavy atom. The van der Waals surface area contributed by atoms with Gasteiger partial charge in [-0.3, -0.25) is 9.59 Å². The average molecular weight is 417 g/mol. The molecular formula is C19H17F2N5O2S. The summed E-state index contributed by atoms with van der Waals surface area (Å²) < 4.78 is 28.2. The molecule has 2 N–H and O–H groups in total. The summed E-state index contributed by atoms with van der Waals surface area (Å²) in [5.74, 6) is -1.29. The molecule has 1 aromatic heterocycles. The van der Waals surface area contributed by atoms with Crippen molar-refractivity contribution in [2.24, 2.45) is 7.05 Å². The molecule has 0 aliphatic heterocycles. The maximum Gasteiger partial charge on any atom is 0.254 e. The highest BCUT2D eigenvalue weighted by Crippen LogP contribution is 2.17. The van der Waals surface area contributed by atoms with Crippen LogP contribution in [0.4, 0.5) is 14.5 Å². The van der Waals surface area contributed by atoms with E-state index in [1.165, 1.54) is 42.5 Å². The van der Waals surface area contributed by atoms with Crippen molar-refractivity contribution in [2.45, 2.75) is 11.7 Å². The SMILES string of the molecule is Cn1c(CNC(=O)c2ccccc2F)nnc1SCC(=O)Nc1ccc(F)cc1. The lowest BCUT2D eigenvalue weighted by molar-refractivity contribution is -0.113. The molecule has 0 atom stereocenters.